The minimum Gasteiger partial charge on any atom is -0.493 e. The highest BCUT2D eigenvalue weighted by Gasteiger charge is 2.35. The van der Waals surface area contributed by atoms with Gasteiger partial charge in [-0.05, 0) is 35.9 Å². The lowest BCUT2D eigenvalue weighted by atomic mass is 10.1. The van der Waals surface area contributed by atoms with Crippen LogP contribution in [0.25, 0.3) is 6.08 Å². The number of thiocarbonyl (C=S) groups is 1. The minimum absolute atomic E-state index is 0.237. The summed E-state index contributed by atoms with van der Waals surface area (Å²) in [5.74, 6) is 0.218. The highest BCUT2D eigenvalue weighted by atomic mass is 32.2. The zero-order valence-electron chi connectivity index (χ0n) is 14.6. The highest BCUT2D eigenvalue weighted by Crippen LogP contribution is 2.38. The van der Waals surface area contributed by atoms with E-state index in [2.05, 4.69) is 0 Å². The second kappa shape index (κ2) is 7.81. The molecule has 6 nitrogen and oxygen atoms in total. The molecule has 8 heteroatoms. The smallest absolute Gasteiger partial charge is 0.270 e. The standard InChI is InChI=1S/C19H16N2O4S2/c1-24-14-8-7-11(9-15(14)25-2)10-16-18(23)21(19(26)27-16)13-6-4-3-5-12(13)17(20)22/h3-10H,1-2H3,(H2,20,22)/b16-10-. The summed E-state index contributed by atoms with van der Waals surface area (Å²) in [5, 5.41) is 0. The first-order valence-corrected chi connectivity index (χ1v) is 9.07. The van der Waals surface area contributed by atoms with E-state index in [0.717, 1.165) is 17.3 Å². The van der Waals surface area contributed by atoms with Gasteiger partial charge in [-0.15, -0.1) is 0 Å². The average molecular weight is 400 g/mol. The van der Waals surface area contributed by atoms with Crippen LogP contribution in [-0.4, -0.2) is 30.4 Å². The third kappa shape index (κ3) is 3.67. The lowest BCUT2D eigenvalue weighted by Gasteiger charge is -2.17. The fourth-order valence-corrected chi connectivity index (χ4v) is 3.93. The Bertz CT molecular complexity index is 972. The molecule has 2 amide bonds. The maximum atomic E-state index is 12.9. The lowest BCUT2D eigenvalue weighted by Crippen LogP contribution is -2.30. The molecule has 0 saturated carbocycles. The van der Waals surface area contributed by atoms with Crippen LogP contribution in [0.3, 0.4) is 0 Å². The lowest BCUT2D eigenvalue weighted by molar-refractivity contribution is -0.113. The van der Waals surface area contributed by atoms with E-state index in [1.807, 2.05) is 6.07 Å². The molecule has 0 spiro atoms. The third-order valence-corrected chi connectivity index (χ3v) is 5.21. The normalized spacial score (nSPS) is 15.3. The molecule has 0 radical (unpaired) electrons. The molecular weight excluding hydrogens is 384 g/mol. The Morgan fingerprint density at radius 1 is 1.15 bits per heavy atom. The number of carbonyl (C=O) groups excluding carboxylic acids is 2. The summed E-state index contributed by atoms with van der Waals surface area (Å²) in [6, 6.07) is 11.9. The Balaban J connectivity index is 1.98. The van der Waals surface area contributed by atoms with E-state index in [1.165, 1.54) is 4.90 Å². The van der Waals surface area contributed by atoms with Crippen LogP contribution in [-0.2, 0) is 4.79 Å². The van der Waals surface area contributed by atoms with Gasteiger partial charge in [0.05, 0.1) is 30.4 Å². The number of hydrogen-bond acceptors (Lipinski definition) is 6. The molecule has 0 aromatic heterocycles. The number of anilines is 1. The summed E-state index contributed by atoms with van der Waals surface area (Å²) in [6.45, 7) is 0. The molecule has 0 atom stereocenters. The Labute approximate surface area is 165 Å². The quantitative estimate of drug-likeness (QED) is 0.613. The summed E-state index contributed by atoms with van der Waals surface area (Å²) in [4.78, 5) is 26.4. The second-order valence-electron chi connectivity index (χ2n) is 5.51. The molecule has 2 aromatic carbocycles. The summed E-state index contributed by atoms with van der Waals surface area (Å²) < 4.78 is 10.8. The summed E-state index contributed by atoms with van der Waals surface area (Å²) in [6.07, 6.45) is 1.72. The van der Waals surface area contributed by atoms with Crippen LogP contribution in [0.15, 0.2) is 47.4 Å². The first-order chi connectivity index (χ1) is 13.0. The summed E-state index contributed by atoms with van der Waals surface area (Å²) in [5.41, 5.74) is 6.80. The van der Waals surface area contributed by atoms with E-state index in [1.54, 1.807) is 56.7 Å². The number of benzene rings is 2. The van der Waals surface area contributed by atoms with Crippen LogP contribution >= 0.6 is 24.0 Å². The fourth-order valence-electron chi connectivity index (χ4n) is 2.65. The molecule has 1 fully saturated rings. The van der Waals surface area contributed by atoms with Crippen molar-refractivity contribution in [2.75, 3.05) is 19.1 Å². The van der Waals surface area contributed by atoms with Gasteiger partial charge in [-0.1, -0.05) is 42.2 Å². The van der Waals surface area contributed by atoms with Gasteiger partial charge in [-0.3, -0.25) is 14.5 Å². The molecule has 1 saturated heterocycles. The van der Waals surface area contributed by atoms with Crippen molar-refractivity contribution in [1.29, 1.82) is 0 Å². The van der Waals surface area contributed by atoms with Crippen molar-refractivity contribution in [3.05, 3.63) is 58.5 Å². The van der Waals surface area contributed by atoms with E-state index in [4.69, 9.17) is 27.4 Å². The van der Waals surface area contributed by atoms with Crippen molar-refractivity contribution in [2.45, 2.75) is 0 Å². The first-order valence-electron chi connectivity index (χ1n) is 7.85. The number of nitrogens with zero attached hydrogens (tertiary/aromatic N) is 1. The van der Waals surface area contributed by atoms with E-state index in [-0.39, 0.29) is 11.5 Å². The predicted molar refractivity (Wildman–Crippen MR) is 110 cm³/mol. The third-order valence-electron chi connectivity index (χ3n) is 3.91. The SMILES string of the molecule is COc1ccc(/C=C2\SC(=S)N(c3ccccc3C(N)=O)C2=O)cc1OC. The van der Waals surface area contributed by atoms with Gasteiger partial charge in [-0.25, -0.2) is 0 Å². The number of amides is 2. The van der Waals surface area contributed by atoms with Crippen molar-refractivity contribution in [2.24, 2.45) is 5.73 Å². The molecule has 0 aliphatic carbocycles. The van der Waals surface area contributed by atoms with E-state index < -0.39 is 5.91 Å². The van der Waals surface area contributed by atoms with Gasteiger partial charge in [0.2, 0.25) is 0 Å². The van der Waals surface area contributed by atoms with E-state index in [0.29, 0.717) is 26.4 Å². The number of primary amides is 1. The minimum atomic E-state index is -0.622. The number of thioether (sulfide) groups is 1. The molecular formula is C19H16N2O4S2. The predicted octanol–water partition coefficient (Wildman–Crippen LogP) is 3.21. The van der Waals surface area contributed by atoms with Gasteiger partial charge in [-0.2, -0.15) is 0 Å². The number of hydrogen-bond donors (Lipinski definition) is 1. The molecule has 0 unspecified atom stereocenters. The second-order valence-corrected chi connectivity index (χ2v) is 7.19. The Morgan fingerprint density at radius 3 is 2.52 bits per heavy atom. The van der Waals surface area contributed by atoms with Crippen LogP contribution in [0.1, 0.15) is 15.9 Å². The van der Waals surface area contributed by atoms with Crippen molar-refractivity contribution in [3.63, 3.8) is 0 Å². The fraction of sp³-hybridized carbons (Fsp3) is 0.105. The highest BCUT2D eigenvalue weighted by molar-refractivity contribution is 8.27. The first kappa shape index (κ1) is 18.9. The van der Waals surface area contributed by atoms with Crippen LogP contribution in [0.5, 0.6) is 11.5 Å². The van der Waals surface area contributed by atoms with Gasteiger partial charge in [0, 0.05) is 0 Å². The molecule has 1 heterocycles. The number of para-hydroxylation sites is 1. The van der Waals surface area contributed by atoms with Crippen LogP contribution in [0, 0.1) is 0 Å². The number of carbonyl (C=O) groups is 2. The van der Waals surface area contributed by atoms with Crippen LogP contribution in [0.4, 0.5) is 5.69 Å². The summed E-state index contributed by atoms with van der Waals surface area (Å²) >= 11 is 6.52. The van der Waals surface area contributed by atoms with Gasteiger partial charge < -0.3 is 15.2 Å². The maximum absolute atomic E-state index is 12.9. The van der Waals surface area contributed by atoms with Crippen LogP contribution < -0.4 is 20.1 Å². The largest absolute Gasteiger partial charge is 0.493 e. The summed E-state index contributed by atoms with van der Waals surface area (Å²) in [7, 11) is 3.10. The van der Waals surface area contributed by atoms with Gasteiger partial charge in [0.1, 0.15) is 0 Å². The average Bonchev–Trinajstić information content (AvgIpc) is 2.94. The molecule has 1 aliphatic rings. The van der Waals surface area contributed by atoms with Gasteiger partial charge >= 0.3 is 0 Å². The Kier molecular flexibility index (Phi) is 5.48. The number of nitrogens with two attached hydrogens (primary N) is 1. The van der Waals surface area contributed by atoms with Crippen molar-refractivity contribution >= 4 is 51.9 Å². The van der Waals surface area contributed by atoms with E-state index >= 15 is 0 Å². The number of methoxy groups -OCH3 is 2. The molecule has 0 bridgehead atoms. The molecule has 2 aromatic rings. The van der Waals surface area contributed by atoms with Crippen LogP contribution in [0.2, 0.25) is 0 Å². The van der Waals surface area contributed by atoms with Crippen molar-refractivity contribution in [1.82, 2.24) is 0 Å². The number of ether oxygens (including phenoxy) is 2. The topological polar surface area (TPSA) is 81.9 Å². The zero-order chi connectivity index (χ0) is 19.6. The van der Waals surface area contributed by atoms with Crippen molar-refractivity contribution in [3.8, 4) is 11.5 Å². The zero-order valence-corrected chi connectivity index (χ0v) is 16.2. The van der Waals surface area contributed by atoms with Gasteiger partial charge in [0.25, 0.3) is 11.8 Å². The molecule has 3 rings (SSSR count). The Morgan fingerprint density at radius 2 is 1.85 bits per heavy atom. The monoisotopic (exact) mass is 400 g/mol. The van der Waals surface area contributed by atoms with Gasteiger partial charge in [0.15, 0.2) is 15.8 Å². The number of rotatable bonds is 5. The molecule has 1 aliphatic heterocycles. The molecule has 2 N–H and O–H groups in total. The van der Waals surface area contributed by atoms with E-state index in [9.17, 15) is 9.59 Å². The maximum Gasteiger partial charge on any atom is 0.270 e. The Hall–Kier alpha value is -2.84. The molecule has 138 valence electrons. The molecule has 27 heavy (non-hydrogen) atoms. The van der Waals surface area contributed by atoms with Crippen molar-refractivity contribution < 1.29 is 19.1 Å².